The molecular formula is C20H32N4O2. The Labute approximate surface area is 157 Å². The zero-order valence-electron chi connectivity index (χ0n) is 16.3. The van der Waals surface area contributed by atoms with Crippen molar-refractivity contribution < 1.29 is 9.53 Å². The second kappa shape index (κ2) is 10.7. The van der Waals surface area contributed by atoms with Crippen LogP contribution in [-0.4, -0.2) is 44.7 Å². The number of amides is 1. The van der Waals surface area contributed by atoms with Crippen LogP contribution in [0.1, 0.15) is 46.0 Å². The lowest BCUT2D eigenvalue weighted by atomic mass is 10.1. The monoisotopic (exact) mass is 360 g/mol. The highest BCUT2D eigenvalue weighted by Crippen LogP contribution is 2.31. The number of nitrogens with one attached hydrogen (secondary N) is 2. The summed E-state index contributed by atoms with van der Waals surface area (Å²) in [4.78, 5) is 18.3. The number of carbonyl (C=O) groups excluding carboxylic acids is 1. The topological polar surface area (TPSA) is 66.0 Å². The Morgan fingerprint density at radius 2 is 2.12 bits per heavy atom. The lowest BCUT2D eigenvalue weighted by molar-refractivity contribution is -0.121. The van der Waals surface area contributed by atoms with Crippen LogP contribution < -0.4 is 20.3 Å². The van der Waals surface area contributed by atoms with Crippen molar-refractivity contribution in [2.75, 3.05) is 31.6 Å². The molecule has 0 spiro atoms. The Kier molecular flexibility index (Phi) is 8.25. The molecule has 6 heteroatoms. The minimum atomic E-state index is 0.00996. The summed E-state index contributed by atoms with van der Waals surface area (Å²) < 4.78 is 5.48. The van der Waals surface area contributed by atoms with Crippen LogP contribution in [0.2, 0.25) is 0 Å². The maximum atomic E-state index is 12.2. The third-order valence-electron chi connectivity index (χ3n) is 4.51. The average molecular weight is 361 g/mol. The lowest BCUT2D eigenvalue weighted by Gasteiger charge is -2.29. The number of nitrogens with zero attached hydrogens (tertiary/aromatic N) is 2. The zero-order valence-corrected chi connectivity index (χ0v) is 16.3. The van der Waals surface area contributed by atoms with Crippen molar-refractivity contribution in [1.82, 2.24) is 10.6 Å². The van der Waals surface area contributed by atoms with Crippen molar-refractivity contribution in [3.05, 3.63) is 24.3 Å². The van der Waals surface area contributed by atoms with Crippen molar-refractivity contribution in [1.29, 1.82) is 0 Å². The third-order valence-corrected chi connectivity index (χ3v) is 4.51. The van der Waals surface area contributed by atoms with Crippen molar-refractivity contribution in [2.24, 2.45) is 4.99 Å². The van der Waals surface area contributed by atoms with E-state index in [0.29, 0.717) is 12.6 Å². The molecular weight excluding hydrogens is 328 g/mol. The minimum absolute atomic E-state index is 0.00996. The van der Waals surface area contributed by atoms with E-state index in [2.05, 4.69) is 29.5 Å². The van der Waals surface area contributed by atoms with E-state index >= 15 is 0 Å². The number of aliphatic imine (C=N–C) groups is 1. The molecule has 0 aromatic heterocycles. The van der Waals surface area contributed by atoms with E-state index in [1.807, 2.05) is 29.2 Å². The molecule has 1 aliphatic heterocycles. The number of benzene rings is 1. The van der Waals surface area contributed by atoms with Gasteiger partial charge in [-0.15, -0.1) is 0 Å². The molecule has 0 fully saturated rings. The van der Waals surface area contributed by atoms with Crippen LogP contribution in [0.3, 0.4) is 0 Å². The first kappa shape index (κ1) is 20.1. The summed E-state index contributed by atoms with van der Waals surface area (Å²) in [6.07, 6.45) is 5.73. The number of hydrogen-bond donors (Lipinski definition) is 2. The highest BCUT2D eigenvalue weighted by Gasteiger charge is 2.24. The smallest absolute Gasteiger partial charge is 0.265 e. The van der Waals surface area contributed by atoms with E-state index < -0.39 is 0 Å². The number of anilines is 1. The molecule has 0 radical (unpaired) electrons. The van der Waals surface area contributed by atoms with Crippen LogP contribution in [0.25, 0.3) is 0 Å². The van der Waals surface area contributed by atoms with E-state index in [-0.39, 0.29) is 12.5 Å². The van der Waals surface area contributed by atoms with Gasteiger partial charge in [-0.1, -0.05) is 38.3 Å². The number of rotatable bonds is 9. The van der Waals surface area contributed by atoms with Gasteiger partial charge in [-0.3, -0.25) is 9.79 Å². The molecule has 0 bridgehead atoms. The van der Waals surface area contributed by atoms with Gasteiger partial charge in [0.2, 0.25) is 0 Å². The Morgan fingerprint density at radius 3 is 2.88 bits per heavy atom. The first-order valence-electron chi connectivity index (χ1n) is 9.65. The molecule has 2 rings (SSSR count). The number of ether oxygens (including phenoxy) is 1. The zero-order chi connectivity index (χ0) is 18.8. The second-order valence-corrected chi connectivity index (χ2v) is 6.70. The lowest BCUT2D eigenvalue weighted by Crippen LogP contribution is -2.44. The van der Waals surface area contributed by atoms with Crippen LogP contribution in [0, 0.1) is 0 Å². The van der Waals surface area contributed by atoms with Gasteiger partial charge in [0.25, 0.3) is 5.91 Å². The normalized spacial score (nSPS) is 15.3. The van der Waals surface area contributed by atoms with E-state index in [9.17, 15) is 4.79 Å². The molecule has 144 valence electrons. The van der Waals surface area contributed by atoms with Crippen molar-refractivity contribution in [2.45, 2.75) is 52.0 Å². The second-order valence-electron chi connectivity index (χ2n) is 6.70. The first-order valence-corrected chi connectivity index (χ1v) is 9.65. The van der Waals surface area contributed by atoms with Gasteiger partial charge in [0.05, 0.1) is 5.69 Å². The predicted molar refractivity (Wildman–Crippen MR) is 107 cm³/mol. The molecule has 0 saturated heterocycles. The van der Waals surface area contributed by atoms with Crippen LogP contribution in [0.4, 0.5) is 5.69 Å². The summed E-state index contributed by atoms with van der Waals surface area (Å²) in [5.74, 6) is 1.61. The van der Waals surface area contributed by atoms with Crippen molar-refractivity contribution in [3.8, 4) is 5.75 Å². The SMILES string of the molecule is CCCCCC(C)NC(=NC)NCCCN1C(=O)COc2ccccc21. The Bertz CT molecular complexity index is 603. The molecule has 1 unspecified atom stereocenters. The van der Waals surface area contributed by atoms with Gasteiger partial charge in [-0.05, 0) is 31.9 Å². The summed E-state index contributed by atoms with van der Waals surface area (Å²) in [6, 6.07) is 8.08. The molecule has 1 atom stereocenters. The Hall–Kier alpha value is -2.24. The van der Waals surface area contributed by atoms with E-state index in [4.69, 9.17) is 4.74 Å². The maximum absolute atomic E-state index is 12.2. The summed E-state index contributed by atoms with van der Waals surface area (Å²) >= 11 is 0. The highest BCUT2D eigenvalue weighted by molar-refractivity contribution is 5.97. The molecule has 0 aliphatic carbocycles. The molecule has 1 aromatic carbocycles. The molecule has 1 amide bonds. The summed E-state index contributed by atoms with van der Waals surface area (Å²) in [5, 5.41) is 6.77. The maximum Gasteiger partial charge on any atom is 0.265 e. The molecule has 1 heterocycles. The predicted octanol–water partition coefficient (Wildman–Crippen LogP) is 2.94. The summed E-state index contributed by atoms with van der Waals surface area (Å²) in [7, 11) is 1.79. The van der Waals surface area contributed by atoms with E-state index in [1.54, 1.807) is 7.05 Å². The van der Waals surface area contributed by atoms with Crippen LogP contribution in [0.5, 0.6) is 5.75 Å². The average Bonchev–Trinajstić information content (AvgIpc) is 2.65. The fraction of sp³-hybridized carbons (Fsp3) is 0.600. The number of guanidine groups is 1. The van der Waals surface area contributed by atoms with Gasteiger partial charge in [0, 0.05) is 26.2 Å². The summed E-state index contributed by atoms with van der Waals surface area (Å²) in [5.41, 5.74) is 0.857. The first-order chi connectivity index (χ1) is 12.7. The van der Waals surface area contributed by atoms with Gasteiger partial charge in [0.1, 0.15) is 5.75 Å². The Balaban J connectivity index is 1.74. The highest BCUT2D eigenvalue weighted by atomic mass is 16.5. The van der Waals surface area contributed by atoms with Gasteiger partial charge in [0.15, 0.2) is 12.6 Å². The van der Waals surface area contributed by atoms with Gasteiger partial charge >= 0.3 is 0 Å². The molecule has 6 nitrogen and oxygen atoms in total. The van der Waals surface area contributed by atoms with Gasteiger partial charge in [-0.25, -0.2) is 0 Å². The standard InChI is InChI=1S/C20H32N4O2/c1-4-5-6-10-16(2)23-20(21-3)22-13-9-14-24-17-11-7-8-12-18(17)26-15-19(24)25/h7-8,11-12,16H,4-6,9-10,13-15H2,1-3H3,(H2,21,22,23). The summed E-state index contributed by atoms with van der Waals surface area (Å²) in [6.45, 7) is 5.94. The van der Waals surface area contributed by atoms with Crippen LogP contribution >= 0.6 is 0 Å². The van der Waals surface area contributed by atoms with Crippen molar-refractivity contribution >= 4 is 17.6 Å². The van der Waals surface area contributed by atoms with Gasteiger partial charge < -0.3 is 20.3 Å². The van der Waals surface area contributed by atoms with Gasteiger partial charge in [-0.2, -0.15) is 0 Å². The number of unbranched alkanes of at least 4 members (excludes halogenated alkanes) is 2. The molecule has 26 heavy (non-hydrogen) atoms. The Morgan fingerprint density at radius 1 is 1.31 bits per heavy atom. The number of carbonyl (C=O) groups is 1. The van der Waals surface area contributed by atoms with Crippen molar-refractivity contribution in [3.63, 3.8) is 0 Å². The van der Waals surface area contributed by atoms with E-state index in [1.165, 1.54) is 19.3 Å². The molecule has 1 aliphatic rings. The van der Waals surface area contributed by atoms with Crippen LogP contribution in [0.15, 0.2) is 29.3 Å². The largest absolute Gasteiger partial charge is 0.482 e. The number of hydrogen-bond acceptors (Lipinski definition) is 3. The molecule has 1 aromatic rings. The molecule has 0 saturated carbocycles. The van der Waals surface area contributed by atoms with E-state index in [0.717, 1.165) is 36.8 Å². The fourth-order valence-electron chi connectivity index (χ4n) is 3.04. The number of fused-ring (bicyclic) bond motifs is 1. The number of para-hydroxylation sites is 2. The fourth-order valence-corrected chi connectivity index (χ4v) is 3.04. The molecule has 2 N–H and O–H groups in total. The van der Waals surface area contributed by atoms with Crippen LogP contribution in [-0.2, 0) is 4.79 Å². The quantitative estimate of drug-likeness (QED) is 0.404. The minimum Gasteiger partial charge on any atom is -0.482 e. The third kappa shape index (κ3) is 5.93.